The molecule has 0 radical (unpaired) electrons. The van der Waals surface area contributed by atoms with Crippen LogP contribution in [0, 0.1) is 5.41 Å². The van der Waals surface area contributed by atoms with Gasteiger partial charge in [-0.25, -0.2) is 8.42 Å². The van der Waals surface area contributed by atoms with E-state index < -0.39 is 10.0 Å². The summed E-state index contributed by atoms with van der Waals surface area (Å²) in [6, 6.07) is 6.54. The number of carbonyl (C=O) groups excluding carboxylic acids is 1. The van der Waals surface area contributed by atoms with Crippen LogP contribution in [0.2, 0.25) is 0 Å². The highest BCUT2D eigenvalue weighted by atomic mass is 32.2. The van der Waals surface area contributed by atoms with Crippen molar-refractivity contribution in [2.24, 2.45) is 11.1 Å². The minimum absolute atomic E-state index is 0.205. The Labute approximate surface area is 126 Å². The Hall–Kier alpha value is -1.60. The van der Waals surface area contributed by atoms with E-state index in [4.69, 9.17) is 5.73 Å². The predicted molar refractivity (Wildman–Crippen MR) is 84.7 cm³/mol. The number of benzene rings is 1. The fraction of sp³-hybridized carbons (Fsp3) is 0.500. The summed E-state index contributed by atoms with van der Waals surface area (Å²) in [5.41, 5.74) is 6.07. The van der Waals surface area contributed by atoms with Crippen LogP contribution in [-0.4, -0.2) is 45.6 Å². The molecule has 1 aromatic carbocycles. The van der Waals surface area contributed by atoms with Crippen LogP contribution in [0.15, 0.2) is 24.3 Å². The van der Waals surface area contributed by atoms with Gasteiger partial charge >= 0.3 is 0 Å². The van der Waals surface area contributed by atoms with Crippen LogP contribution >= 0.6 is 0 Å². The SMILES string of the molecule is CN(CC(C)(C)CN)C(=O)c1ccccc1NS(C)(=O)=O. The second kappa shape index (κ2) is 6.44. The number of hydrogen-bond donors (Lipinski definition) is 2. The number of nitrogens with zero attached hydrogens (tertiary/aromatic N) is 1. The lowest BCUT2D eigenvalue weighted by atomic mass is 9.93. The molecule has 1 rings (SSSR count). The second-order valence-corrected chi connectivity index (χ2v) is 7.70. The first-order valence-corrected chi connectivity index (χ1v) is 8.47. The minimum Gasteiger partial charge on any atom is -0.341 e. The van der Waals surface area contributed by atoms with Crippen LogP contribution in [-0.2, 0) is 10.0 Å². The first-order chi connectivity index (χ1) is 9.56. The molecule has 0 aromatic heterocycles. The van der Waals surface area contributed by atoms with Gasteiger partial charge in [-0.2, -0.15) is 0 Å². The number of hydrogen-bond acceptors (Lipinski definition) is 4. The van der Waals surface area contributed by atoms with E-state index >= 15 is 0 Å². The zero-order valence-corrected chi connectivity index (χ0v) is 13.7. The third-order valence-corrected chi connectivity index (χ3v) is 3.61. The zero-order chi connectivity index (χ0) is 16.3. The molecular formula is C14H23N3O3S. The van der Waals surface area contributed by atoms with Crippen molar-refractivity contribution in [2.45, 2.75) is 13.8 Å². The predicted octanol–water partition coefficient (Wildman–Crippen LogP) is 1.11. The molecule has 21 heavy (non-hydrogen) atoms. The van der Waals surface area contributed by atoms with E-state index in [9.17, 15) is 13.2 Å². The van der Waals surface area contributed by atoms with Crippen molar-refractivity contribution in [1.82, 2.24) is 4.90 Å². The third-order valence-electron chi connectivity index (χ3n) is 3.02. The van der Waals surface area contributed by atoms with Crippen molar-refractivity contribution in [1.29, 1.82) is 0 Å². The van der Waals surface area contributed by atoms with E-state index in [-0.39, 0.29) is 17.0 Å². The molecule has 7 heteroatoms. The average molecular weight is 313 g/mol. The molecule has 118 valence electrons. The van der Waals surface area contributed by atoms with Crippen molar-refractivity contribution in [2.75, 3.05) is 31.1 Å². The Kier molecular flexibility index (Phi) is 5.36. The molecule has 0 aliphatic rings. The highest BCUT2D eigenvalue weighted by molar-refractivity contribution is 7.92. The number of nitrogens with one attached hydrogen (secondary N) is 1. The maximum absolute atomic E-state index is 12.5. The Bertz CT molecular complexity index is 612. The highest BCUT2D eigenvalue weighted by Crippen LogP contribution is 2.20. The van der Waals surface area contributed by atoms with Crippen LogP contribution in [0.3, 0.4) is 0 Å². The number of para-hydroxylation sites is 1. The molecule has 0 bridgehead atoms. The van der Waals surface area contributed by atoms with Gasteiger partial charge in [0.15, 0.2) is 0 Å². The molecule has 0 atom stereocenters. The van der Waals surface area contributed by atoms with Crippen molar-refractivity contribution >= 4 is 21.6 Å². The third kappa shape index (κ3) is 5.35. The quantitative estimate of drug-likeness (QED) is 0.823. The number of sulfonamides is 1. The van der Waals surface area contributed by atoms with Gasteiger partial charge in [-0.15, -0.1) is 0 Å². The van der Waals surface area contributed by atoms with E-state index in [2.05, 4.69) is 4.72 Å². The lowest BCUT2D eigenvalue weighted by Crippen LogP contribution is -2.40. The highest BCUT2D eigenvalue weighted by Gasteiger charge is 2.23. The Morgan fingerprint density at radius 2 is 1.90 bits per heavy atom. The zero-order valence-electron chi connectivity index (χ0n) is 12.9. The molecule has 0 unspecified atom stereocenters. The van der Waals surface area contributed by atoms with Gasteiger partial charge in [0, 0.05) is 13.6 Å². The standard InChI is InChI=1S/C14H23N3O3S/c1-14(2,9-15)10-17(3)13(18)11-7-5-6-8-12(11)16-21(4,19)20/h5-8,16H,9-10,15H2,1-4H3. The second-order valence-electron chi connectivity index (χ2n) is 5.95. The molecule has 1 amide bonds. The molecule has 0 fully saturated rings. The Morgan fingerprint density at radius 1 is 1.33 bits per heavy atom. The van der Waals surface area contributed by atoms with Gasteiger partial charge in [0.2, 0.25) is 10.0 Å². The summed E-state index contributed by atoms with van der Waals surface area (Å²) in [5, 5.41) is 0. The van der Waals surface area contributed by atoms with Gasteiger partial charge < -0.3 is 10.6 Å². The normalized spacial score (nSPS) is 12.0. The van der Waals surface area contributed by atoms with E-state index in [0.29, 0.717) is 18.7 Å². The summed E-state index contributed by atoms with van der Waals surface area (Å²) in [4.78, 5) is 14.0. The average Bonchev–Trinajstić information content (AvgIpc) is 2.36. The van der Waals surface area contributed by atoms with Crippen LogP contribution in [0.4, 0.5) is 5.69 Å². The van der Waals surface area contributed by atoms with Gasteiger partial charge in [-0.3, -0.25) is 9.52 Å². The van der Waals surface area contributed by atoms with Crippen molar-refractivity contribution < 1.29 is 13.2 Å². The summed E-state index contributed by atoms with van der Waals surface area (Å²) in [6.07, 6.45) is 1.05. The van der Waals surface area contributed by atoms with E-state index in [1.165, 1.54) is 0 Å². The van der Waals surface area contributed by atoms with Gasteiger partial charge in [0.1, 0.15) is 0 Å². The first-order valence-electron chi connectivity index (χ1n) is 6.58. The number of rotatable bonds is 6. The van der Waals surface area contributed by atoms with Gasteiger partial charge in [0.25, 0.3) is 5.91 Å². The number of nitrogens with two attached hydrogens (primary N) is 1. The lowest BCUT2D eigenvalue weighted by Gasteiger charge is -2.29. The van der Waals surface area contributed by atoms with Crippen LogP contribution in [0.5, 0.6) is 0 Å². The monoisotopic (exact) mass is 313 g/mol. The van der Waals surface area contributed by atoms with E-state index in [1.54, 1.807) is 36.2 Å². The summed E-state index contributed by atoms with van der Waals surface area (Å²) >= 11 is 0. The number of amides is 1. The number of anilines is 1. The molecule has 0 aliphatic heterocycles. The molecule has 0 aliphatic carbocycles. The molecule has 0 saturated heterocycles. The fourth-order valence-electron chi connectivity index (χ4n) is 1.94. The van der Waals surface area contributed by atoms with Crippen LogP contribution < -0.4 is 10.5 Å². The van der Waals surface area contributed by atoms with Crippen LogP contribution in [0.1, 0.15) is 24.2 Å². The molecule has 0 spiro atoms. The number of carbonyl (C=O) groups is 1. The van der Waals surface area contributed by atoms with E-state index in [0.717, 1.165) is 6.26 Å². The van der Waals surface area contributed by atoms with Crippen molar-refractivity contribution in [3.05, 3.63) is 29.8 Å². The Balaban J connectivity index is 3.02. The van der Waals surface area contributed by atoms with Gasteiger partial charge in [0.05, 0.1) is 17.5 Å². The molecule has 1 aromatic rings. The maximum Gasteiger partial charge on any atom is 0.255 e. The largest absolute Gasteiger partial charge is 0.341 e. The fourth-order valence-corrected chi connectivity index (χ4v) is 2.52. The van der Waals surface area contributed by atoms with Crippen LogP contribution in [0.25, 0.3) is 0 Å². The topological polar surface area (TPSA) is 92.5 Å². The van der Waals surface area contributed by atoms with Crippen molar-refractivity contribution in [3.8, 4) is 0 Å². The van der Waals surface area contributed by atoms with E-state index in [1.807, 2.05) is 13.8 Å². The molecule has 0 heterocycles. The molecule has 3 N–H and O–H groups in total. The maximum atomic E-state index is 12.5. The summed E-state index contributed by atoms with van der Waals surface area (Å²) in [5.74, 6) is -0.247. The molecule has 6 nitrogen and oxygen atoms in total. The lowest BCUT2D eigenvalue weighted by molar-refractivity contribution is 0.0741. The minimum atomic E-state index is -3.44. The van der Waals surface area contributed by atoms with Gasteiger partial charge in [-0.1, -0.05) is 26.0 Å². The Morgan fingerprint density at radius 3 is 2.43 bits per heavy atom. The van der Waals surface area contributed by atoms with Crippen molar-refractivity contribution in [3.63, 3.8) is 0 Å². The van der Waals surface area contributed by atoms with Gasteiger partial charge in [-0.05, 0) is 24.1 Å². The summed E-state index contributed by atoms with van der Waals surface area (Å²) in [7, 11) is -1.76. The summed E-state index contributed by atoms with van der Waals surface area (Å²) < 4.78 is 25.1. The summed E-state index contributed by atoms with van der Waals surface area (Å²) in [6.45, 7) is 4.87. The molecule has 0 saturated carbocycles. The first kappa shape index (κ1) is 17.5. The smallest absolute Gasteiger partial charge is 0.255 e. The molecular weight excluding hydrogens is 290 g/mol.